The summed E-state index contributed by atoms with van der Waals surface area (Å²) in [6.45, 7) is 10.9. The highest BCUT2D eigenvalue weighted by Crippen LogP contribution is 2.24. The first-order valence-corrected chi connectivity index (χ1v) is 5.43. The molecule has 4 nitrogen and oxygen atoms in total. The fraction of sp³-hybridized carbons (Fsp3) is 0.833. The Kier molecular flexibility index (Phi) is 4.68. The number of aldehydes is 1. The smallest absolute Gasteiger partial charge is 0.318 e. The second-order valence-electron chi connectivity index (χ2n) is 6.09. The fourth-order valence-electron chi connectivity index (χ4n) is 1.20. The molecule has 2 atom stereocenters. The standard InChI is InChI=1S/C12H23NO3/c1-11(2,3)9(13)8(7-14)10(15)16-12(4,5)6/h7-9H,13H2,1-6H3/t8-,9-/m1/s1. The van der Waals surface area contributed by atoms with Crippen LogP contribution in [-0.4, -0.2) is 23.9 Å². The van der Waals surface area contributed by atoms with Crippen molar-refractivity contribution in [1.29, 1.82) is 0 Å². The second-order valence-corrected chi connectivity index (χ2v) is 6.09. The van der Waals surface area contributed by atoms with Crippen LogP contribution >= 0.6 is 0 Å². The lowest BCUT2D eigenvalue weighted by atomic mass is 9.80. The van der Waals surface area contributed by atoms with Crippen LogP contribution in [0.3, 0.4) is 0 Å². The topological polar surface area (TPSA) is 69.4 Å². The van der Waals surface area contributed by atoms with Crippen molar-refractivity contribution >= 4 is 12.3 Å². The maximum absolute atomic E-state index is 11.7. The van der Waals surface area contributed by atoms with E-state index < -0.39 is 23.5 Å². The monoisotopic (exact) mass is 229 g/mol. The molecule has 0 saturated heterocycles. The highest BCUT2D eigenvalue weighted by molar-refractivity contribution is 5.89. The Morgan fingerprint density at radius 3 is 1.88 bits per heavy atom. The summed E-state index contributed by atoms with van der Waals surface area (Å²) in [7, 11) is 0. The first-order chi connectivity index (χ1) is 6.99. The summed E-state index contributed by atoms with van der Waals surface area (Å²) in [4.78, 5) is 22.7. The molecular formula is C12H23NO3. The molecule has 0 saturated carbocycles. The van der Waals surface area contributed by atoms with E-state index in [0.29, 0.717) is 6.29 Å². The maximum atomic E-state index is 11.7. The molecule has 4 heteroatoms. The number of rotatable bonds is 3. The third kappa shape index (κ3) is 4.75. The van der Waals surface area contributed by atoms with Gasteiger partial charge in [-0.05, 0) is 26.2 Å². The summed E-state index contributed by atoms with van der Waals surface area (Å²) in [5.74, 6) is -1.45. The summed E-state index contributed by atoms with van der Waals surface area (Å²) in [6.07, 6.45) is 0.573. The zero-order valence-corrected chi connectivity index (χ0v) is 11.0. The predicted octanol–water partition coefficient (Wildman–Crippen LogP) is 1.52. The maximum Gasteiger partial charge on any atom is 0.318 e. The lowest BCUT2D eigenvalue weighted by Crippen LogP contribution is -2.47. The Morgan fingerprint density at radius 2 is 1.62 bits per heavy atom. The predicted molar refractivity (Wildman–Crippen MR) is 62.8 cm³/mol. The van der Waals surface area contributed by atoms with E-state index in [2.05, 4.69) is 0 Å². The van der Waals surface area contributed by atoms with Crippen molar-refractivity contribution in [3.63, 3.8) is 0 Å². The van der Waals surface area contributed by atoms with Crippen LogP contribution in [0.15, 0.2) is 0 Å². The van der Waals surface area contributed by atoms with Gasteiger partial charge in [-0.3, -0.25) is 4.79 Å². The molecule has 16 heavy (non-hydrogen) atoms. The van der Waals surface area contributed by atoms with Crippen molar-refractivity contribution in [1.82, 2.24) is 0 Å². The molecule has 0 radical (unpaired) electrons. The summed E-state index contributed by atoms with van der Waals surface area (Å²) in [6, 6.07) is -0.542. The van der Waals surface area contributed by atoms with Crippen molar-refractivity contribution in [3.05, 3.63) is 0 Å². The van der Waals surface area contributed by atoms with Gasteiger partial charge in [-0.2, -0.15) is 0 Å². The molecule has 0 spiro atoms. The normalized spacial score (nSPS) is 16.4. The van der Waals surface area contributed by atoms with Gasteiger partial charge in [0.1, 0.15) is 17.8 Å². The van der Waals surface area contributed by atoms with Crippen LogP contribution in [0, 0.1) is 11.3 Å². The Morgan fingerprint density at radius 1 is 1.19 bits per heavy atom. The Bertz CT molecular complexity index is 260. The van der Waals surface area contributed by atoms with Crippen LogP contribution in [0.2, 0.25) is 0 Å². The Balaban J connectivity index is 4.75. The molecule has 2 N–H and O–H groups in total. The van der Waals surface area contributed by atoms with Crippen LogP contribution in [0.1, 0.15) is 41.5 Å². The molecule has 0 amide bonds. The van der Waals surface area contributed by atoms with E-state index in [9.17, 15) is 9.59 Å². The van der Waals surface area contributed by atoms with E-state index in [0.717, 1.165) is 0 Å². The van der Waals surface area contributed by atoms with Gasteiger partial charge in [-0.25, -0.2) is 0 Å². The van der Waals surface area contributed by atoms with Crippen LogP contribution in [0.25, 0.3) is 0 Å². The fourth-order valence-corrected chi connectivity index (χ4v) is 1.20. The first kappa shape index (κ1) is 15.1. The number of nitrogens with two attached hydrogens (primary N) is 1. The van der Waals surface area contributed by atoms with Crippen molar-refractivity contribution in [2.45, 2.75) is 53.2 Å². The molecule has 0 aliphatic rings. The molecule has 94 valence electrons. The minimum Gasteiger partial charge on any atom is -0.459 e. The van der Waals surface area contributed by atoms with Gasteiger partial charge in [0.05, 0.1) is 0 Å². The number of ether oxygens (including phenoxy) is 1. The average molecular weight is 229 g/mol. The summed E-state index contributed by atoms with van der Waals surface area (Å²) in [5.41, 5.74) is 4.97. The molecule has 0 aliphatic heterocycles. The number of carbonyl (C=O) groups is 2. The van der Waals surface area contributed by atoms with Gasteiger partial charge in [0.15, 0.2) is 0 Å². The summed E-state index contributed by atoms with van der Waals surface area (Å²) < 4.78 is 5.16. The minimum atomic E-state index is -0.903. The van der Waals surface area contributed by atoms with E-state index >= 15 is 0 Å². The number of carbonyl (C=O) groups excluding carboxylic acids is 2. The van der Waals surface area contributed by atoms with Gasteiger partial charge in [0.25, 0.3) is 0 Å². The van der Waals surface area contributed by atoms with E-state index in [-0.39, 0.29) is 5.41 Å². The SMILES string of the molecule is CC(C)(C)OC(=O)[C@H](C=O)[C@@H](N)C(C)(C)C. The lowest BCUT2D eigenvalue weighted by Gasteiger charge is -2.31. The molecule has 0 aromatic rings. The van der Waals surface area contributed by atoms with Crippen molar-refractivity contribution in [2.75, 3.05) is 0 Å². The lowest BCUT2D eigenvalue weighted by molar-refractivity contribution is -0.162. The molecule has 0 rings (SSSR count). The largest absolute Gasteiger partial charge is 0.459 e. The Labute approximate surface area is 97.5 Å². The number of hydrogen-bond acceptors (Lipinski definition) is 4. The zero-order chi connectivity index (χ0) is 13.1. The molecule has 0 bridgehead atoms. The van der Waals surface area contributed by atoms with E-state index in [1.807, 2.05) is 20.8 Å². The van der Waals surface area contributed by atoms with Crippen molar-refractivity contribution in [2.24, 2.45) is 17.1 Å². The van der Waals surface area contributed by atoms with Gasteiger partial charge < -0.3 is 15.3 Å². The minimum absolute atomic E-state index is 0.317. The highest BCUT2D eigenvalue weighted by atomic mass is 16.6. The molecule has 0 unspecified atom stereocenters. The van der Waals surface area contributed by atoms with Crippen molar-refractivity contribution < 1.29 is 14.3 Å². The molecular weight excluding hydrogens is 206 g/mol. The van der Waals surface area contributed by atoms with Gasteiger partial charge >= 0.3 is 5.97 Å². The van der Waals surface area contributed by atoms with Gasteiger partial charge in [0, 0.05) is 6.04 Å². The van der Waals surface area contributed by atoms with Gasteiger partial charge in [0.2, 0.25) is 0 Å². The number of esters is 1. The first-order valence-electron chi connectivity index (χ1n) is 5.43. The third-order valence-corrected chi connectivity index (χ3v) is 2.21. The molecule has 0 fully saturated rings. The van der Waals surface area contributed by atoms with Crippen molar-refractivity contribution in [3.8, 4) is 0 Å². The Hall–Kier alpha value is -0.900. The third-order valence-electron chi connectivity index (χ3n) is 2.21. The van der Waals surface area contributed by atoms with Crippen LogP contribution in [-0.2, 0) is 14.3 Å². The van der Waals surface area contributed by atoms with E-state index in [1.165, 1.54) is 0 Å². The quantitative estimate of drug-likeness (QED) is 0.452. The number of hydrogen-bond donors (Lipinski definition) is 1. The van der Waals surface area contributed by atoms with Crippen LogP contribution in [0.5, 0.6) is 0 Å². The second kappa shape index (κ2) is 4.95. The van der Waals surface area contributed by atoms with Gasteiger partial charge in [-0.1, -0.05) is 20.8 Å². The molecule has 0 aliphatic carbocycles. The van der Waals surface area contributed by atoms with Crippen LogP contribution in [0.4, 0.5) is 0 Å². The van der Waals surface area contributed by atoms with Crippen LogP contribution < -0.4 is 5.73 Å². The van der Waals surface area contributed by atoms with Gasteiger partial charge in [-0.15, -0.1) is 0 Å². The van der Waals surface area contributed by atoms with E-state index in [1.54, 1.807) is 20.8 Å². The van der Waals surface area contributed by atoms with E-state index in [4.69, 9.17) is 10.5 Å². The highest BCUT2D eigenvalue weighted by Gasteiger charge is 2.36. The molecule has 0 aromatic heterocycles. The average Bonchev–Trinajstić information content (AvgIpc) is 1.99. The molecule has 0 heterocycles. The molecule has 0 aromatic carbocycles. The zero-order valence-electron chi connectivity index (χ0n) is 11.0. The summed E-state index contributed by atoms with van der Waals surface area (Å²) >= 11 is 0. The summed E-state index contributed by atoms with van der Waals surface area (Å²) in [5, 5.41) is 0.